The number of hydrogen-bond acceptors (Lipinski definition) is 1. The maximum absolute atomic E-state index is 5.44. The van der Waals surface area contributed by atoms with E-state index in [0.717, 1.165) is 6.61 Å². The van der Waals surface area contributed by atoms with Crippen LogP contribution >= 0.6 is 11.6 Å². The predicted molar refractivity (Wildman–Crippen MR) is 40.7 cm³/mol. The number of rotatable bonds is 4. The molecular formula is C7H13ClO. The van der Waals surface area contributed by atoms with Gasteiger partial charge in [-0.3, -0.25) is 0 Å². The Balaban J connectivity index is 3.01. The van der Waals surface area contributed by atoms with E-state index in [0.29, 0.717) is 17.6 Å². The Bertz CT molecular complexity index is 88.9. The van der Waals surface area contributed by atoms with Gasteiger partial charge in [0.05, 0.1) is 6.61 Å². The second-order valence-electron chi connectivity index (χ2n) is 2.43. The molecule has 0 saturated heterocycles. The first kappa shape index (κ1) is 8.99. The topological polar surface area (TPSA) is 9.23 Å². The zero-order chi connectivity index (χ0) is 7.28. The molecule has 0 unspecified atom stereocenters. The van der Waals surface area contributed by atoms with Crippen molar-refractivity contribution in [3.63, 3.8) is 0 Å². The molecule has 2 heteroatoms. The molecule has 1 nitrogen and oxygen atoms in total. The minimum absolute atomic E-state index is 0.472. The van der Waals surface area contributed by atoms with Crippen molar-refractivity contribution in [1.29, 1.82) is 0 Å². The van der Waals surface area contributed by atoms with Crippen LogP contribution in [0.3, 0.4) is 0 Å². The first-order chi connectivity index (χ1) is 4.13. The molecule has 0 radical (unpaired) electrons. The van der Waals surface area contributed by atoms with Crippen molar-refractivity contribution < 1.29 is 4.74 Å². The maximum Gasteiger partial charge on any atom is 0.0817 e. The van der Waals surface area contributed by atoms with Crippen molar-refractivity contribution in [2.75, 3.05) is 13.2 Å². The van der Waals surface area contributed by atoms with E-state index in [2.05, 4.69) is 20.4 Å². The molecule has 0 spiro atoms. The minimum Gasteiger partial charge on any atom is -0.376 e. The molecule has 0 bridgehead atoms. The minimum atomic E-state index is 0.472. The van der Waals surface area contributed by atoms with E-state index < -0.39 is 0 Å². The molecule has 0 aromatic carbocycles. The molecule has 0 N–H and O–H groups in total. The lowest BCUT2D eigenvalue weighted by atomic mass is 10.2. The average molecular weight is 149 g/mol. The van der Waals surface area contributed by atoms with Gasteiger partial charge in [-0.2, -0.15) is 0 Å². The molecule has 0 aromatic rings. The van der Waals surface area contributed by atoms with Crippen LogP contribution in [0.4, 0.5) is 0 Å². The average Bonchev–Trinajstić information content (AvgIpc) is 1.63. The first-order valence-corrected chi connectivity index (χ1v) is 3.41. The summed E-state index contributed by atoms with van der Waals surface area (Å²) in [5.41, 5.74) is 0. The van der Waals surface area contributed by atoms with Crippen molar-refractivity contribution in [3.05, 3.63) is 11.6 Å². The molecule has 0 amide bonds. The van der Waals surface area contributed by atoms with Crippen LogP contribution in [0.15, 0.2) is 11.6 Å². The van der Waals surface area contributed by atoms with Gasteiger partial charge in [0.1, 0.15) is 0 Å². The van der Waals surface area contributed by atoms with Gasteiger partial charge in [-0.1, -0.05) is 32.0 Å². The Morgan fingerprint density at radius 3 is 2.56 bits per heavy atom. The van der Waals surface area contributed by atoms with Crippen molar-refractivity contribution in [3.8, 4) is 0 Å². The molecule has 9 heavy (non-hydrogen) atoms. The third-order valence-electron chi connectivity index (χ3n) is 0.710. The summed E-state index contributed by atoms with van der Waals surface area (Å²) in [6, 6.07) is 0. The normalized spacial score (nSPS) is 10.2. The quantitative estimate of drug-likeness (QED) is 0.595. The highest BCUT2D eigenvalue weighted by Gasteiger charge is 1.92. The highest BCUT2D eigenvalue weighted by atomic mass is 35.5. The Kier molecular flexibility index (Phi) is 4.83. The Labute approximate surface area is 61.7 Å². The lowest BCUT2D eigenvalue weighted by Gasteiger charge is -2.04. The number of hydrogen-bond donors (Lipinski definition) is 0. The third kappa shape index (κ3) is 7.99. The number of halogens is 1. The Morgan fingerprint density at radius 2 is 2.22 bits per heavy atom. The van der Waals surface area contributed by atoms with Gasteiger partial charge in [-0.25, -0.2) is 0 Å². The fraction of sp³-hybridized carbons (Fsp3) is 0.714. The summed E-state index contributed by atoms with van der Waals surface area (Å²) in [5.74, 6) is 0.570. The molecule has 0 aliphatic rings. The van der Waals surface area contributed by atoms with Gasteiger partial charge in [-0.05, 0) is 5.92 Å². The molecule has 0 aromatic heterocycles. The van der Waals surface area contributed by atoms with E-state index >= 15 is 0 Å². The van der Waals surface area contributed by atoms with E-state index in [1.54, 1.807) is 0 Å². The van der Waals surface area contributed by atoms with E-state index in [-0.39, 0.29) is 0 Å². The molecule has 0 atom stereocenters. The third-order valence-corrected chi connectivity index (χ3v) is 0.819. The van der Waals surface area contributed by atoms with Crippen LogP contribution in [-0.2, 0) is 4.74 Å². The Morgan fingerprint density at radius 1 is 1.67 bits per heavy atom. The van der Waals surface area contributed by atoms with Crippen LogP contribution in [0, 0.1) is 5.92 Å². The van der Waals surface area contributed by atoms with Gasteiger partial charge in [0.25, 0.3) is 0 Å². The summed E-state index contributed by atoms with van der Waals surface area (Å²) in [5, 5.41) is 0.565. The lowest BCUT2D eigenvalue weighted by molar-refractivity contribution is 0.133. The maximum atomic E-state index is 5.44. The standard InChI is InChI=1S/C7H13ClO/c1-6(2)4-9-5-7(3)8/h6H,3-5H2,1-2H3. The molecule has 54 valence electrons. The molecule has 0 saturated carbocycles. The summed E-state index contributed by atoms with van der Waals surface area (Å²) in [6.07, 6.45) is 0. The van der Waals surface area contributed by atoms with Gasteiger partial charge in [-0.15, -0.1) is 0 Å². The van der Waals surface area contributed by atoms with Gasteiger partial charge in [0.2, 0.25) is 0 Å². The summed E-state index contributed by atoms with van der Waals surface area (Å²) in [7, 11) is 0. The molecule has 0 rings (SSSR count). The van der Waals surface area contributed by atoms with Crippen LogP contribution in [0.1, 0.15) is 13.8 Å². The Hall–Kier alpha value is -0.0100. The van der Waals surface area contributed by atoms with E-state index in [4.69, 9.17) is 16.3 Å². The van der Waals surface area contributed by atoms with E-state index in [1.807, 2.05) is 0 Å². The van der Waals surface area contributed by atoms with Crippen LogP contribution in [0.2, 0.25) is 0 Å². The van der Waals surface area contributed by atoms with Crippen LogP contribution in [0.5, 0.6) is 0 Å². The van der Waals surface area contributed by atoms with E-state index in [9.17, 15) is 0 Å². The largest absolute Gasteiger partial charge is 0.376 e. The first-order valence-electron chi connectivity index (χ1n) is 3.04. The van der Waals surface area contributed by atoms with Gasteiger partial charge < -0.3 is 4.74 Å². The second kappa shape index (κ2) is 4.83. The van der Waals surface area contributed by atoms with Crippen LogP contribution in [-0.4, -0.2) is 13.2 Å². The van der Waals surface area contributed by atoms with Crippen LogP contribution in [0.25, 0.3) is 0 Å². The highest BCUT2D eigenvalue weighted by molar-refractivity contribution is 6.29. The molecular weight excluding hydrogens is 136 g/mol. The highest BCUT2D eigenvalue weighted by Crippen LogP contribution is 1.99. The van der Waals surface area contributed by atoms with Crippen LogP contribution < -0.4 is 0 Å². The number of ether oxygens (including phenoxy) is 1. The summed E-state index contributed by atoms with van der Waals surface area (Å²) in [4.78, 5) is 0. The zero-order valence-corrected chi connectivity index (χ0v) is 6.74. The van der Waals surface area contributed by atoms with Gasteiger partial charge >= 0.3 is 0 Å². The fourth-order valence-electron chi connectivity index (χ4n) is 0.405. The SMILES string of the molecule is C=C(Cl)COCC(C)C. The predicted octanol–water partition coefficient (Wildman–Crippen LogP) is 2.41. The van der Waals surface area contributed by atoms with Crippen molar-refractivity contribution in [2.45, 2.75) is 13.8 Å². The van der Waals surface area contributed by atoms with E-state index in [1.165, 1.54) is 0 Å². The lowest BCUT2D eigenvalue weighted by Crippen LogP contribution is -2.02. The monoisotopic (exact) mass is 148 g/mol. The smallest absolute Gasteiger partial charge is 0.0817 e. The second-order valence-corrected chi connectivity index (χ2v) is 2.96. The summed E-state index contributed by atoms with van der Waals surface area (Å²) >= 11 is 5.44. The summed E-state index contributed by atoms with van der Waals surface area (Å²) in [6.45, 7) is 8.91. The van der Waals surface area contributed by atoms with Gasteiger partial charge in [0.15, 0.2) is 0 Å². The molecule has 0 heterocycles. The van der Waals surface area contributed by atoms with Crippen molar-refractivity contribution in [2.24, 2.45) is 5.92 Å². The van der Waals surface area contributed by atoms with Crippen molar-refractivity contribution in [1.82, 2.24) is 0 Å². The zero-order valence-electron chi connectivity index (χ0n) is 5.98. The molecule has 0 aliphatic heterocycles. The fourth-order valence-corrected chi connectivity index (χ4v) is 0.483. The van der Waals surface area contributed by atoms with Crippen molar-refractivity contribution >= 4 is 11.6 Å². The summed E-state index contributed by atoms with van der Waals surface area (Å²) < 4.78 is 5.12. The van der Waals surface area contributed by atoms with Gasteiger partial charge in [0, 0.05) is 11.6 Å². The molecule has 0 fully saturated rings. The molecule has 0 aliphatic carbocycles.